The molecular formula is C21H18BrNO4S2. The number of halogens is 1. The molecule has 8 heteroatoms. The Morgan fingerprint density at radius 2 is 2.03 bits per heavy atom. The van der Waals surface area contributed by atoms with Gasteiger partial charge in [-0.15, -0.1) is 0 Å². The third kappa shape index (κ3) is 5.07. The fourth-order valence-corrected chi connectivity index (χ4v) is 4.39. The van der Waals surface area contributed by atoms with Crippen LogP contribution >= 0.6 is 39.9 Å². The molecule has 1 amide bonds. The Labute approximate surface area is 187 Å². The van der Waals surface area contributed by atoms with E-state index in [1.54, 1.807) is 25.1 Å². The van der Waals surface area contributed by atoms with Crippen molar-refractivity contribution < 1.29 is 19.1 Å². The van der Waals surface area contributed by atoms with Crippen molar-refractivity contribution in [1.29, 1.82) is 0 Å². The molecule has 0 aliphatic carbocycles. The number of carbonyl (C=O) groups excluding carboxylic acids is 2. The standard InChI is InChI=1S/C21H18BrNO4S2/c1-3-26-19(24)12-27-17-9-8-15(22)10-14(17)11-18-20(25)23(21(28)29-18)16-7-5-4-6-13(16)2/h4-11H,3,12H2,1-2H3/b18-11+. The molecule has 1 saturated heterocycles. The van der Waals surface area contributed by atoms with Gasteiger partial charge in [-0.2, -0.15) is 0 Å². The van der Waals surface area contributed by atoms with E-state index in [9.17, 15) is 9.59 Å². The molecule has 2 aromatic rings. The molecule has 3 rings (SSSR count). The quantitative estimate of drug-likeness (QED) is 0.318. The largest absolute Gasteiger partial charge is 0.481 e. The molecule has 1 fully saturated rings. The summed E-state index contributed by atoms with van der Waals surface area (Å²) in [7, 11) is 0. The van der Waals surface area contributed by atoms with Gasteiger partial charge in [-0.05, 0) is 49.8 Å². The van der Waals surface area contributed by atoms with Gasteiger partial charge in [-0.25, -0.2) is 4.79 Å². The first-order valence-electron chi connectivity index (χ1n) is 8.82. The van der Waals surface area contributed by atoms with E-state index in [0.717, 1.165) is 15.7 Å². The fraction of sp³-hybridized carbons (Fsp3) is 0.190. The molecule has 0 N–H and O–H groups in total. The van der Waals surface area contributed by atoms with E-state index in [4.69, 9.17) is 21.7 Å². The first-order valence-corrected chi connectivity index (χ1v) is 10.8. The third-order valence-corrected chi connectivity index (χ3v) is 5.85. The summed E-state index contributed by atoms with van der Waals surface area (Å²) in [6.45, 7) is 3.75. The second-order valence-corrected chi connectivity index (χ2v) is 8.67. The summed E-state index contributed by atoms with van der Waals surface area (Å²) in [6, 6.07) is 13.0. The minimum Gasteiger partial charge on any atom is -0.481 e. The molecule has 0 unspecified atom stereocenters. The molecule has 0 saturated carbocycles. The van der Waals surface area contributed by atoms with Crippen LogP contribution in [0.1, 0.15) is 18.1 Å². The topological polar surface area (TPSA) is 55.8 Å². The molecule has 29 heavy (non-hydrogen) atoms. The summed E-state index contributed by atoms with van der Waals surface area (Å²) < 4.78 is 11.8. The maximum absolute atomic E-state index is 13.0. The molecule has 1 aliphatic heterocycles. The van der Waals surface area contributed by atoms with Gasteiger partial charge in [-0.3, -0.25) is 9.69 Å². The summed E-state index contributed by atoms with van der Waals surface area (Å²) >= 11 is 10.1. The number of hydrogen-bond acceptors (Lipinski definition) is 6. The van der Waals surface area contributed by atoms with Crippen LogP contribution in [0.25, 0.3) is 6.08 Å². The number of para-hydroxylation sites is 1. The van der Waals surface area contributed by atoms with Crippen molar-refractivity contribution in [3.8, 4) is 5.75 Å². The SMILES string of the molecule is CCOC(=O)COc1ccc(Br)cc1/C=C1/SC(=S)N(c2ccccc2C)C1=O. The van der Waals surface area contributed by atoms with Gasteiger partial charge in [0.1, 0.15) is 5.75 Å². The number of rotatable bonds is 6. The molecule has 0 aromatic heterocycles. The predicted molar refractivity (Wildman–Crippen MR) is 123 cm³/mol. The maximum atomic E-state index is 13.0. The smallest absolute Gasteiger partial charge is 0.344 e. The van der Waals surface area contributed by atoms with E-state index in [1.807, 2.05) is 37.3 Å². The molecule has 5 nitrogen and oxygen atoms in total. The maximum Gasteiger partial charge on any atom is 0.344 e. The van der Waals surface area contributed by atoms with Gasteiger partial charge in [0, 0.05) is 10.0 Å². The Morgan fingerprint density at radius 1 is 1.28 bits per heavy atom. The van der Waals surface area contributed by atoms with E-state index >= 15 is 0 Å². The normalized spacial score (nSPS) is 15.1. The lowest BCUT2D eigenvalue weighted by atomic mass is 10.1. The number of benzene rings is 2. The summed E-state index contributed by atoms with van der Waals surface area (Å²) in [5.41, 5.74) is 2.39. The van der Waals surface area contributed by atoms with E-state index in [1.165, 1.54) is 16.7 Å². The van der Waals surface area contributed by atoms with Gasteiger partial charge in [0.2, 0.25) is 0 Å². The summed E-state index contributed by atoms with van der Waals surface area (Å²) in [6.07, 6.45) is 1.73. The van der Waals surface area contributed by atoms with E-state index < -0.39 is 5.97 Å². The zero-order valence-corrected chi connectivity index (χ0v) is 19.0. The van der Waals surface area contributed by atoms with Crippen molar-refractivity contribution in [3.05, 3.63) is 63.0 Å². The van der Waals surface area contributed by atoms with Crippen LogP contribution in [0.15, 0.2) is 51.8 Å². The Hall–Kier alpha value is -2.16. The highest BCUT2D eigenvalue weighted by Crippen LogP contribution is 2.38. The molecule has 0 bridgehead atoms. The van der Waals surface area contributed by atoms with Gasteiger partial charge in [0.25, 0.3) is 5.91 Å². The predicted octanol–water partition coefficient (Wildman–Crippen LogP) is 5.11. The molecule has 2 aromatic carbocycles. The van der Waals surface area contributed by atoms with Crippen molar-refractivity contribution >= 4 is 67.9 Å². The zero-order chi connectivity index (χ0) is 21.0. The number of ether oxygens (including phenoxy) is 2. The molecule has 0 spiro atoms. The molecular weight excluding hydrogens is 474 g/mol. The average Bonchev–Trinajstić information content (AvgIpc) is 2.95. The molecule has 0 atom stereocenters. The lowest BCUT2D eigenvalue weighted by Crippen LogP contribution is -2.28. The Kier molecular flexibility index (Phi) is 7.10. The Balaban J connectivity index is 1.89. The van der Waals surface area contributed by atoms with Gasteiger partial charge in [0.05, 0.1) is 17.2 Å². The second kappa shape index (κ2) is 9.56. The van der Waals surface area contributed by atoms with Crippen LogP contribution in [0, 0.1) is 6.92 Å². The van der Waals surface area contributed by atoms with Crippen LogP contribution in [0.3, 0.4) is 0 Å². The van der Waals surface area contributed by atoms with E-state index in [0.29, 0.717) is 20.5 Å². The van der Waals surface area contributed by atoms with Crippen LogP contribution in [0.2, 0.25) is 0 Å². The number of anilines is 1. The number of hydrogen-bond donors (Lipinski definition) is 0. The Morgan fingerprint density at radius 3 is 2.76 bits per heavy atom. The minimum atomic E-state index is -0.452. The number of amides is 1. The minimum absolute atomic E-state index is 0.189. The number of thioether (sulfide) groups is 1. The second-order valence-electron chi connectivity index (χ2n) is 6.08. The summed E-state index contributed by atoms with van der Waals surface area (Å²) in [5.74, 6) is -0.166. The third-order valence-electron chi connectivity index (χ3n) is 4.06. The lowest BCUT2D eigenvalue weighted by molar-refractivity contribution is -0.145. The van der Waals surface area contributed by atoms with Crippen molar-refractivity contribution in [2.45, 2.75) is 13.8 Å². The first kappa shape index (κ1) is 21.5. The van der Waals surface area contributed by atoms with Gasteiger partial charge in [-0.1, -0.05) is 58.1 Å². The highest BCUT2D eigenvalue weighted by molar-refractivity contribution is 9.10. The highest BCUT2D eigenvalue weighted by atomic mass is 79.9. The van der Waals surface area contributed by atoms with Crippen molar-refractivity contribution in [2.75, 3.05) is 18.1 Å². The number of aryl methyl sites for hydroxylation is 1. The molecule has 0 radical (unpaired) electrons. The van der Waals surface area contributed by atoms with Crippen LogP contribution in [-0.2, 0) is 14.3 Å². The number of thiocarbonyl (C=S) groups is 1. The van der Waals surface area contributed by atoms with Gasteiger partial charge in [0.15, 0.2) is 10.9 Å². The van der Waals surface area contributed by atoms with Gasteiger partial charge >= 0.3 is 5.97 Å². The molecule has 150 valence electrons. The Bertz CT molecular complexity index is 1010. The van der Waals surface area contributed by atoms with E-state index in [-0.39, 0.29) is 19.1 Å². The number of nitrogens with zero attached hydrogens (tertiary/aromatic N) is 1. The monoisotopic (exact) mass is 491 g/mol. The van der Waals surface area contributed by atoms with Crippen molar-refractivity contribution in [3.63, 3.8) is 0 Å². The number of esters is 1. The summed E-state index contributed by atoms with van der Waals surface area (Å²) in [5, 5.41) is 0. The van der Waals surface area contributed by atoms with Crippen LogP contribution in [-0.4, -0.2) is 29.4 Å². The van der Waals surface area contributed by atoms with Crippen LogP contribution in [0.4, 0.5) is 5.69 Å². The highest BCUT2D eigenvalue weighted by Gasteiger charge is 2.34. The summed E-state index contributed by atoms with van der Waals surface area (Å²) in [4.78, 5) is 26.7. The molecule has 1 heterocycles. The zero-order valence-electron chi connectivity index (χ0n) is 15.8. The molecule has 1 aliphatic rings. The van der Waals surface area contributed by atoms with Crippen LogP contribution in [0.5, 0.6) is 5.75 Å². The lowest BCUT2D eigenvalue weighted by Gasteiger charge is -2.16. The number of carbonyl (C=O) groups is 2. The van der Waals surface area contributed by atoms with Crippen molar-refractivity contribution in [1.82, 2.24) is 0 Å². The average molecular weight is 492 g/mol. The fourth-order valence-electron chi connectivity index (χ4n) is 2.73. The van der Waals surface area contributed by atoms with Crippen molar-refractivity contribution in [2.24, 2.45) is 0 Å². The first-order chi connectivity index (χ1) is 13.9. The van der Waals surface area contributed by atoms with E-state index in [2.05, 4.69) is 15.9 Å². The van der Waals surface area contributed by atoms with Crippen LogP contribution < -0.4 is 9.64 Å². The van der Waals surface area contributed by atoms with Gasteiger partial charge < -0.3 is 9.47 Å².